The number of aromatic nitrogens is 3. The average molecular weight is 330 g/mol. The third-order valence-corrected chi connectivity index (χ3v) is 5.38. The Morgan fingerprint density at radius 3 is 3.09 bits per heavy atom. The monoisotopic (exact) mass is 330 g/mol. The third kappa shape index (κ3) is 2.98. The maximum Gasteiger partial charge on any atom is 0.233 e. The van der Waals surface area contributed by atoms with Crippen LogP contribution in [0.3, 0.4) is 0 Å². The molecule has 1 amide bonds. The van der Waals surface area contributed by atoms with Crippen molar-refractivity contribution in [3.05, 3.63) is 42.2 Å². The van der Waals surface area contributed by atoms with E-state index < -0.39 is 0 Å². The Kier molecular flexibility index (Phi) is 4.05. The molecule has 2 atom stereocenters. The molecule has 4 rings (SSSR count). The number of thioether (sulfide) groups is 1. The van der Waals surface area contributed by atoms with Crippen LogP contribution in [0.1, 0.15) is 18.2 Å². The predicted molar refractivity (Wildman–Crippen MR) is 86.0 cm³/mol. The summed E-state index contributed by atoms with van der Waals surface area (Å²) in [5, 5.41) is 8.14. The Bertz CT molecular complexity index is 690. The zero-order valence-corrected chi connectivity index (χ0v) is 13.5. The van der Waals surface area contributed by atoms with Gasteiger partial charge in [0, 0.05) is 18.0 Å². The molecule has 2 aromatic rings. The highest BCUT2D eigenvalue weighted by atomic mass is 32.2. The van der Waals surface area contributed by atoms with Crippen molar-refractivity contribution in [2.24, 2.45) is 0 Å². The largest absolute Gasteiger partial charge is 0.370 e. The first kappa shape index (κ1) is 14.7. The number of benzene rings is 1. The highest BCUT2D eigenvalue weighted by Gasteiger charge is 2.37. The molecule has 1 saturated heterocycles. The number of piperidine rings is 1. The van der Waals surface area contributed by atoms with Crippen LogP contribution in [0.2, 0.25) is 0 Å². The lowest BCUT2D eigenvalue weighted by Gasteiger charge is -2.41. The van der Waals surface area contributed by atoms with Gasteiger partial charge in [0.25, 0.3) is 0 Å². The summed E-state index contributed by atoms with van der Waals surface area (Å²) in [5.74, 6) is 0.636. The minimum absolute atomic E-state index is 0.0840. The summed E-state index contributed by atoms with van der Waals surface area (Å²) >= 11 is 1.58. The number of ether oxygens (including phenoxy) is 1. The molecule has 0 unspecified atom stereocenters. The fraction of sp³-hybridized carbons (Fsp3) is 0.438. The summed E-state index contributed by atoms with van der Waals surface area (Å²) in [7, 11) is 0. The molecular formula is C16H18N4O2S. The molecule has 2 aliphatic heterocycles. The Morgan fingerprint density at radius 1 is 1.35 bits per heavy atom. The maximum atomic E-state index is 12.5. The summed E-state index contributed by atoms with van der Waals surface area (Å²) in [4.78, 5) is 15.6. The highest BCUT2D eigenvalue weighted by molar-refractivity contribution is 8.00. The quantitative estimate of drug-likeness (QED) is 0.802. The van der Waals surface area contributed by atoms with Crippen LogP contribution in [0.4, 0.5) is 0 Å². The normalized spacial score (nSPS) is 23.2. The van der Waals surface area contributed by atoms with Crippen molar-refractivity contribution >= 4 is 17.7 Å². The molecule has 0 aliphatic carbocycles. The van der Waals surface area contributed by atoms with E-state index in [1.165, 1.54) is 0 Å². The maximum absolute atomic E-state index is 12.5. The second-order valence-electron chi connectivity index (χ2n) is 5.82. The summed E-state index contributed by atoms with van der Waals surface area (Å²) in [6.07, 6.45) is 2.73. The average Bonchev–Trinajstić information content (AvgIpc) is 3.09. The van der Waals surface area contributed by atoms with Crippen LogP contribution in [-0.4, -0.2) is 50.7 Å². The minimum Gasteiger partial charge on any atom is -0.370 e. The lowest BCUT2D eigenvalue weighted by atomic mass is 10.0. The van der Waals surface area contributed by atoms with E-state index in [0.717, 1.165) is 23.6 Å². The van der Waals surface area contributed by atoms with E-state index in [-0.39, 0.29) is 18.1 Å². The van der Waals surface area contributed by atoms with Crippen molar-refractivity contribution in [3.8, 4) is 0 Å². The summed E-state index contributed by atoms with van der Waals surface area (Å²) in [6.45, 7) is 1.96. The van der Waals surface area contributed by atoms with Crippen LogP contribution < -0.4 is 0 Å². The fourth-order valence-corrected chi connectivity index (χ4v) is 3.98. The van der Waals surface area contributed by atoms with Gasteiger partial charge < -0.3 is 9.64 Å². The molecule has 0 saturated carbocycles. The Balaban J connectivity index is 1.40. The number of nitrogens with zero attached hydrogens (tertiary/aromatic N) is 4. The Labute approximate surface area is 138 Å². The van der Waals surface area contributed by atoms with Gasteiger partial charge in [0.05, 0.1) is 36.4 Å². The molecule has 7 heteroatoms. The van der Waals surface area contributed by atoms with Crippen LogP contribution in [0.25, 0.3) is 0 Å². The number of fused-ring (bicyclic) bond motifs is 3. The van der Waals surface area contributed by atoms with Gasteiger partial charge >= 0.3 is 0 Å². The number of hydrogen-bond acceptors (Lipinski definition) is 5. The molecule has 0 radical (unpaired) electrons. The minimum atomic E-state index is 0.0840. The molecule has 3 heterocycles. The number of rotatable bonds is 3. The van der Waals surface area contributed by atoms with Gasteiger partial charge in [0.2, 0.25) is 5.91 Å². The van der Waals surface area contributed by atoms with Crippen LogP contribution in [0.15, 0.2) is 41.4 Å². The second kappa shape index (κ2) is 6.33. The van der Waals surface area contributed by atoms with Crippen LogP contribution in [0.5, 0.6) is 0 Å². The number of carbonyl (C=O) groups excluding carboxylic acids is 1. The molecule has 0 spiro atoms. The Morgan fingerprint density at radius 2 is 2.22 bits per heavy atom. The summed E-state index contributed by atoms with van der Waals surface area (Å²) in [6, 6.07) is 10.1. The molecular weight excluding hydrogens is 312 g/mol. The fourth-order valence-electron chi connectivity index (χ4n) is 3.16. The van der Waals surface area contributed by atoms with Gasteiger partial charge in [-0.3, -0.25) is 4.79 Å². The first-order chi connectivity index (χ1) is 11.3. The standard InChI is InChI=1S/C16H18N4O2S/c21-16(11-23-13-4-2-1-3-5-13)19-7-6-15-14(9-19)20-12(10-22-15)8-17-18-20/h1-5,8,14-15H,6-7,9-11H2/t14-,15+/m1/s1. The zero-order valence-electron chi connectivity index (χ0n) is 12.7. The van der Waals surface area contributed by atoms with Crippen molar-refractivity contribution in [1.29, 1.82) is 0 Å². The second-order valence-corrected chi connectivity index (χ2v) is 6.87. The molecule has 23 heavy (non-hydrogen) atoms. The van der Waals surface area contributed by atoms with Gasteiger partial charge in [-0.15, -0.1) is 16.9 Å². The molecule has 0 bridgehead atoms. The van der Waals surface area contributed by atoms with Gasteiger partial charge in [0.15, 0.2) is 0 Å². The van der Waals surface area contributed by atoms with E-state index in [0.29, 0.717) is 18.9 Å². The van der Waals surface area contributed by atoms with Crippen molar-refractivity contribution in [3.63, 3.8) is 0 Å². The van der Waals surface area contributed by atoms with Crippen molar-refractivity contribution < 1.29 is 9.53 Å². The molecule has 120 valence electrons. The molecule has 1 aromatic carbocycles. The van der Waals surface area contributed by atoms with Gasteiger partial charge in [-0.25, -0.2) is 4.68 Å². The van der Waals surface area contributed by atoms with Gasteiger partial charge in [-0.2, -0.15) is 0 Å². The van der Waals surface area contributed by atoms with E-state index in [1.807, 2.05) is 39.9 Å². The highest BCUT2D eigenvalue weighted by Crippen LogP contribution is 2.30. The Hall–Kier alpha value is -1.86. The SMILES string of the molecule is O=C(CSc1ccccc1)N1CC[C@@H]2OCc3cnnn3[C@@H]2C1. The third-order valence-electron chi connectivity index (χ3n) is 4.39. The first-order valence-electron chi connectivity index (χ1n) is 7.77. The van der Waals surface area contributed by atoms with Crippen molar-refractivity contribution in [2.45, 2.75) is 30.1 Å². The molecule has 6 nitrogen and oxygen atoms in total. The lowest BCUT2D eigenvalue weighted by Crippen LogP contribution is -2.50. The van der Waals surface area contributed by atoms with E-state index in [4.69, 9.17) is 4.74 Å². The molecule has 2 aliphatic rings. The van der Waals surface area contributed by atoms with Gasteiger partial charge in [-0.1, -0.05) is 23.4 Å². The number of carbonyl (C=O) groups is 1. The van der Waals surface area contributed by atoms with E-state index in [2.05, 4.69) is 10.3 Å². The van der Waals surface area contributed by atoms with Gasteiger partial charge in [-0.05, 0) is 18.6 Å². The topological polar surface area (TPSA) is 60.3 Å². The summed E-state index contributed by atoms with van der Waals surface area (Å²) in [5.41, 5.74) is 0.985. The van der Waals surface area contributed by atoms with Gasteiger partial charge in [0.1, 0.15) is 0 Å². The van der Waals surface area contributed by atoms with Crippen molar-refractivity contribution in [1.82, 2.24) is 19.9 Å². The predicted octanol–water partition coefficient (Wildman–Crippen LogP) is 1.74. The van der Waals surface area contributed by atoms with Crippen LogP contribution >= 0.6 is 11.8 Å². The smallest absolute Gasteiger partial charge is 0.233 e. The number of amides is 1. The van der Waals surface area contributed by atoms with Crippen molar-refractivity contribution in [2.75, 3.05) is 18.8 Å². The number of hydrogen-bond donors (Lipinski definition) is 0. The summed E-state index contributed by atoms with van der Waals surface area (Å²) < 4.78 is 7.81. The van der Waals surface area contributed by atoms with Crippen LogP contribution in [0, 0.1) is 0 Å². The number of likely N-dealkylation sites (tertiary alicyclic amines) is 1. The molecule has 1 fully saturated rings. The first-order valence-corrected chi connectivity index (χ1v) is 8.76. The zero-order chi connectivity index (χ0) is 15.6. The van der Waals surface area contributed by atoms with E-state index in [9.17, 15) is 4.79 Å². The van der Waals surface area contributed by atoms with Crippen LogP contribution in [-0.2, 0) is 16.1 Å². The molecule has 0 N–H and O–H groups in total. The van der Waals surface area contributed by atoms with E-state index in [1.54, 1.807) is 18.0 Å². The molecule has 1 aromatic heterocycles. The van der Waals surface area contributed by atoms with E-state index >= 15 is 0 Å². The lowest BCUT2D eigenvalue weighted by molar-refractivity contribution is -0.135.